The van der Waals surface area contributed by atoms with Gasteiger partial charge in [0.15, 0.2) is 3.79 Å². The lowest BCUT2D eigenvalue weighted by atomic mass is 10.3. The third kappa shape index (κ3) is 8.91. The predicted molar refractivity (Wildman–Crippen MR) is 54.3 cm³/mol. The van der Waals surface area contributed by atoms with Crippen molar-refractivity contribution in [3.8, 4) is 0 Å². The van der Waals surface area contributed by atoms with Gasteiger partial charge in [0.05, 0.1) is 4.83 Å². The Morgan fingerprint density at radius 3 is 2.42 bits per heavy atom. The molecule has 12 heavy (non-hydrogen) atoms. The third-order valence-corrected chi connectivity index (χ3v) is 1.97. The van der Waals surface area contributed by atoms with Gasteiger partial charge in [-0.3, -0.25) is 4.79 Å². The van der Waals surface area contributed by atoms with E-state index in [1.807, 2.05) is 0 Å². The van der Waals surface area contributed by atoms with E-state index < -0.39 is 3.79 Å². The Hall–Kier alpha value is 0.820. The Bertz CT molecular complexity index is 157. The van der Waals surface area contributed by atoms with Gasteiger partial charge in [-0.1, -0.05) is 50.7 Å². The molecule has 0 rings (SSSR count). The quantitative estimate of drug-likeness (QED) is 0.591. The normalized spacial score (nSPS) is 14.1. The molecule has 0 N–H and O–H groups in total. The molecule has 0 heterocycles. The summed E-state index contributed by atoms with van der Waals surface area (Å²) in [6, 6.07) is 0. The average molecular weight is 298 g/mol. The van der Waals surface area contributed by atoms with Crippen molar-refractivity contribution >= 4 is 56.7 Å². The second kappa shape index (κ2) is 5.53. The molecule has 0 radical (unpaired) electrons. The van der Waals surface area contributed by atoms with Gasteiger partial charge in [0.25, 0.3) is 0 Å². The molecule has 2 nitrogen and oxygen atoms in total. The molecule has 0 amide bonds. The van der Waals surface area contributed by atoms with Crippen LogP contribution in [0, 0.1) is 0 Å². The van der Waals surface area contributed by atoms with Crippen LogP contribution in [0.1, 0.15) is 13.3 Å². The molecule has 0 aromatic heterocycles. The fourth-order valence-electron chi connectivity index (χ4n) is 0.518. The van der Waals surface area contributed by atoms with E-state index in [0.717, 1.165) is 0 Å². The minimum absolute atomic E-state index is 0.131. The van der Waals surface area contributed by atoms with E-state index in [-0.39, 0.29) is 17.4 Å². The Morgan fingerprint density at radius 1 is 1.58 bits per heavy atom. The Morgan fingerprint density at radius 2 is 2.08 bits per heavy atom. The van der Waals surface area contributed by atoms with Gasteiger partial charge >= 0.3 is 5.97 Å². The van der Waals surface area contributed by atoms with E-state index >= 15 is 0 Å². The SMILES string of the molecule is CC(=O)OCC(Br)CC(Cl)(Cl)Cl. The van der Waals surface area contributed by atoms with Crippen LogP contribution in [0.15, 0.2) is 0 Å². The fourth-order valence-corrected chi connectivity index (χ4v) is 2.25. The van der Waals surface area contributed by atoms with Crippen molar-refractivity contribution in [2.75, 3.05) is 6.61 Å². The molecular formula is C6H8BrCl3O2. The van der Waals surface area contributed by atoms with E-state index in [1.165, 1.54) is 6.92 Å². The van der Waals surface area contributed by atoms with Crippen molar-refractivity contribution in [2.24, 2.45) is 0 Å². The molecule has 0 saturated carbocycles. The Labute approximate surface area is 94.6 Å². The second-order valence-electron chi connectivity index (χ2n) is 2.22. The van der Waals surface area contributed by atoms with Gasteiger partial charge in [-0.2, -0.15) is 0 Å². The van der Waals surface area contributed by atoms with Crippen molar-refractivity contribution in [1.82, 2.24) is 0 Å². The van der Waals surface area contributed by atoms with Crippen molar-refractivity contribution in [1.29, 1.82) is 0 Å². The first-order valence-corrected chi connectivity index (χ1v) is 5.20. The number of halogens is 4. The van der Waals surface area contributed by atoms with Crippen LogP contribution in [0.5, 0.6) is 0 Å². The van der Waals surface area contributed by atoms with Gasteiger partial charge in [-0.15, -0.1) is 0 Å². The van der Waals surface area contributed by atoms with Gasteiger partial charge in [-0.25, -0.2) is 0 Å². The number of alkyl halides is 4. The van der Waals surface area contributed by atoms with Crippen molar-refractivity contribution in [2.45, 2.75) is 22.0 Å². The van der Waals surface area contributed by atoms with Crippen LogP contribution in [0.25, 0.3) is 0 Å². The van der Waals surface area contributed by atoms with E-state index in [9.17, 15) is 4.79 Å². The van der Waals surface area contributed by atoms with Gasteiger partial charge in [0.2, 0.25) is 0 Å². The van der Waals surface area contributed by atoms with Crippen LogP contribution in [0.3, 0.4) is 0 Å². The molecule has 0 fully saturated rings. The summed E-state index contributed by atoms with van der Waals surface area (Å²) in [5.74, 6) is -0.344. The van der Waals surface area contributed by atoms with Crippen LogP contribution in [-0.2, 0) is 9.53 Å². The predicted octanol–water partition coefficient (Wildman–Crippen LogP) is 3.07. The zero-order valence-corrected chi connectivity index (χ0v) is 10.2. The number of rotatable bonds is 3. The highest BCUT2D eigenvalue weighted by Gasteiger charge is 2.24. The number of hydrogen-bond donors (Lipinski definition) is 0. The molecule has 0 spiro atoms. The minimum atomic E-state index is -1.31. The largest absolute Gasteiger partial charge is 0.465 e. The third-order valence-electron chi connectivity index (χ3n) is 0.920. The lowest BCUT2D eigenvalue weighted by Crippen LogP contribution is -2.18. The highest BCUT2D eigenvalue weighted by atomic mass is 79.9. The van der Waals surface area contributed by atoms with Gasteiger partial charge < -0.3 is 4.74 Å². The maximum absolute atomic E-state index is 10.4. The van der Waals surface area contributed by atoms with Crippen LogP contribution in [0.2, 0.25) is 0 Å². The molecule has 0 aromatic carbocycles. The van der Waals surface area contributed by atoms with Crippen molar-refractivity contribution in [3.05, 3.63) is 0 Å². The lowest BCUT2D eigenvalue weighted by molar-refractivity contribution is -0.140. The molecule has 0 bridgehead atoms. The first-order chi connectivity index (χ1) is 5.31. The van der Waals surface area contributed by atoms with Gasteiger partial charge in [0.1, 0.15) is 6.61 Å². The first-order valence-electron chi connectivity index (χ1n) is 3.15. The average Bonchev–Trinajstić information content (AvgIpc) is 1.79. The highest BCUT2D eigenvalue weighted by molar-refractivity contribution is 9.09. The topological polar surface area (TPSA) is 26.3 Å². The summed E-state index contributed by atoms with van der Waals surface area (Å²) in [4.78, 5) is 10.2. The summed E-state index contributed by atoms with van der Waals surface area (Å²) in [7, 11) is 0. The number of carbonyl (C=O) groups is 1. The van der Waals surface area contributed by atoms with Crippen LogP contribution >= 0.6 is 50.7 Å². The molecule has 0 saturated heterocycles. The zero-order chi connectivity index (χ0) is 9.78. The van der Waals surface area contributed by atoms with Crippen LogP contribution in [0.4, 0.5) is 0 Å². The van der Waals surface area contributed by atoms with Crippen LogP contribution in [-0.4, -0.2) is 21.2 Å². The monoisotopic (exact) mass is 296 g/mol. The molecular weight excluding hydrogens is 290 g/mol. The molecule has 0 aliphatic heterocycles. The molecule has 6 heteroatoms. The summed E-state index contributed by atoms with van der Waals surface area (Å²) in [6.07, 6.45) is 0.297. The smallest absolute Gasteiger partial charge is 0.302 e. The molecule has 1 atom stereocenters. The number of carbonyl (C=O) groups excluding carboxylic acids is 1. The summed E-state index contributed by atoms with van der Waals surface area (Å²) in [5, 5.41) is 0. The second-order valence-corrected chi connectivity index (χ2v) is 6.03. The maximum Gasteiger partial charge on any atom is 0.302 e. The standard InChI is InChI=1S/C6H8BrCl3O2/c1-4(11)12-3-5(7)2-6(8,9)10/h5H,2-3H2,1H3. The van der Waals surface area contributed by atoms with Gasteiger partial charge in [-0.05, 0) is 0 Å². The highest BCUT2D eigenvalue weighted by Crippen LogP contribution is 2.33. The van der Waals surface area contributed by atoms with Crippen molar-refractivity contribution in [3.63, 3.8) is 0 Å². The number of ether oxygens (including phenoxy) is 1. The van der Waals surface area contributed by atoms with Crippen LogP contribution < -0.4 is 0 Å². The Kier molecular flexibility index (Phi) is 5.91. The van der Waals surface area contributed by atoms with E-state index in [1.54, 1.807) is 0 Å². The Balaban J connectivity index is 3.60. The summed E-state index contributed by atoms with van der Waals surface area (Å²) < 4.78 is 3.38. The first kappa shape index (κ1) is 12.8. The summed E-state index contributed by atoms with van der Waals surface area (Å²) in [6.45, 7) is 1.54. The molecule has 72 valence electrons. The molecule has 1 unspecified atom stereocenters. The number of hydrogen-bond acceptors (Lipinski definition) is 2. The van der Waals surface area contributed by atoms with E-state index in [0.29, 0.717) is 6.42 Å². The summed E-state index contributed by atoms with van der Waals surface area (Å²) in [5.41, 5.74) is 0. The van der Waals surface area contributed by atoms with Gasteiger partial charge in [0, 0.05) is 13.3 Å². The molecule has 0 aliphatic rings. The summed E-state index contributed by atoms with van der Waals surface area (Å²) >= 11 is 19.7. The number of esters is 1. The fraction of sp³-hybridized carbons (Fsp3) is 0.833. The maximum atomic E-state index is 10.4. The van der Waals surface area contributed by atoms with Crippen molar-refractivity contribution < 1.29 is 9.53 Å². The van der Waals surface area contributed by atoms with E-state index in [4.69, 9.17) is 34.8 Å². The molecule has 0 aromatic rings. The molecule has 0 aliphatic carbocycles. The zero-order valence-electron chi connectivity index (χ0n) is 6.32. The minimum Gasteiger partial charge on any atom is -0.465 e. The lowest BCUT2D eigenvalue weighted by Gasteiger charge is -2.15. The van der Waals surface area contributed by atoms with E-state index in [2.05, 4.69) is 20.7 Å².